The largest absolute Gasteiger partial charge is 0.475 e. The lowest BCUT2D eigenvalue weighted by Crippen LogP contribution is -2.29. The molecule has 0 fully saturated rings. The monoisotopic (exact) mass is 257 g/mol. The molecule has 2 heterocycles. The Morgan fingerprint density at radius 1 is 1.42 bits per heavy atom. The minimum absolute atomic E-state index is 0.0385. The first-order valence-electron chi connectivity index (χ1n) is 6.31. The third-order valence-corrected chi connectivity index (χ3v) is 3.63. The highest BCUT2D eigenvalue weighted by molar-refractivity contribution is 5.86. The van der Waals surface area contributed by atoms with Crippen molar-refractivity contribution >= 4 is 11.7 Å². The summed E-state index contributed by atoms with van der Waals surface area (Å²) in [5.41, 5.74) is 3.22. The van der Waals surface area contributed by atoms with E-state index in [0.29, 0.717) is 12.6 Å². The number of furan rings is 1. The van der Waals surface area contributed by atoms with Gasteiger partial charge in [0.15, 0.2) is 0 Å². The van der Waals surface area contributed by atoms with Gasteiger partial charge >= 0.3 is 5.97 Å². The number of benzene rings is 1. The maximum absolute atomic E-state index is 11.1. The van der Waals surface area contributed by atoms with E-state index in [4.69, 9.17) is 9.52 Å². The molecule has 0 saturated carbocycles. The highest BCUT2D eigenvalue weighted by Crippen LogP contribution is 2.33. The Kier molecular flexibility index (Phi) is 2.78. The maximum Gasteiger partial charge on any atom is 0.372 e. The van der Waals surface area contributed by atoms with Gasteiger partial charge in [0.1, 0.15) is 0 Å². The van der Waals surface area contributed by atoms with Gasteiger partial charge in [-0.2, -0.15) is 0 Å². The number of carboxylic acids is 1. The van der Waals surface area contributed by atoms with Gasteiger partial charge in [0.25, 0.3) is 0 Å². The number of nitrogens with zero attached hydrogens (tertiary/aromatic N) is 1. The van der Waals surface area contributed by atoms with Gasteiger partial charge in [0.05, 0.1) is 6.26 Å². The summed E-state index contributed by atoms with van der Waals surface area (Å²) in [6.07, 6.45) is 2.43. The average molecular weight is 257 g/mol. The van der Waals surface area contributed by atoms with E-state index in [1.54, 1.807) is 6.07 Å². The molecule has 0 aliphatic carbocycles. The maximum atomic E-state index is 11.1. The van der Waals surface area contributed by atoms with Crippen molar-refractivity contribution in [2.24, 2.45) is 0 Å². The first-order chi connectivity index (χ1) is 9.16. The summed E-state index contributed by atoms with van der Waals surface area (Å²) in [4.78, 5) is 13.3. The minimum atomic E-state index is -1.01. The van der Waals surface area contributed by atoms with E-state index in [1.807, 2.05) is 12.1 Å². The van der Waals surface area contributed by atoms with E-state index in [1.165, 1.54) is 17.5 Å². The van der Waals surface area contributed by atoms with Crippen LogP contribution in [0.4, 0.5) is 5.69 Å². The van der Waals surface area contributed by atoms with Gasteiger partial charge in [-0.3, -0.25) is 0 Å². The van der Waals surface area contributed by atoms with Crippen molar-refractivity contribution in [3.8, 4) is 0 Å². The highest BCUT2D eigenvalue weighted by atomic mass is 16.4. The van der Waals surface area contributed by atoms with Gasteiger partial charge in [-0.05, 0) is 31.0 Å². The van der Waals surface area contributed by atoms with E-state index < -0.39 is 5.97 Å². The fraction of sp³-hybridized carbons (Fsp3) is 0.267. The summed E-state index contributed by atoms with van der Waals surface area (Å²) in [5, 5.41) is 9.08. The standard InChI is InChI=1S/C15H15NO3/c1-10-8-11-4-2-3-5-13(11)16(10)9-12-6-7-19-14(12)15(17)18/h2-7,10H,8-9H2,1H3,(H,17,18). The Morgan fingerprint density at radius 3 is 3.00 bits per heavy atom. The van der Waals surface area contributed by atoms with E-state index in [0.717, 1.165) is 12.0 Å². The van der Waals surface area contributed by atoms with Crippen molar-refractivity contribution in [3.63, 3.8) is 0 Å². The lowest BCUT2D eigenvalue weighted by atomic mass is 10.1. The molecule has 0 saturated heterocycles. The van der Waals surface area contributed by atoms with Crippen molar-refractivity contribution in [3.05, 3.63) is 53.5 Å². The molecule has 98 valence electrons. The van der Waals surface area contributed by atoms with Crippen molar-refractivity contribution in [1.82, 2.24) is 0 Å². The molecule has 0 bridgehead atoms. The van der Waals surface area contributed by atoms with Gasteiger partial charge in [-0.1, -0.05) is 18.2 Å². The van der Waals surface area contributed by atoms with E-state index in [-0.39, 0.29) is 5.76 Å². The zero-order valence-corrected chi connectivity index (χ0v) is 10.7. The molecular formula is C15H15NO3. The second kappa shape index (κ2) is 4.46. The molecule has 4 nitrogen and oxygen atoms in total. The van der Waals surface area contributed by atoms with Crippen LogP contribution in [0, 0.1) is 0 Å². The van der Waals surface area contributed by atoms with Crippen molar-refractivity contribution < 1.29 is 14.3 Å². The number of hydrogen-bond acceptors (Lipinski definition) is 3. The van der Waals surface area contributed by atoms with Crippen LogP contribution >= 0.6 is 0 Å². The molecule has 0 amide bonds. The Labute approximate surface area is 111 Å². The Hall–Kier alpha value is -2.23. The fourth-order valence-corrected chi connectivity index (χ4v) is 2.70. The zero-order valence-electron chi connectivity index (χ0n) is 10.7. The topological polar surface area (TPSA) is 53.7 Å². The fourth-order valence-electron chi connectivity index (χ4n) is 2.70. The van der Waals surface area contributed by atoms with Crippen LogP contribution in [0.25, 0.3) is 0 Å². The van der Waals surface area contributed by atoms with Crippen molar-refractivity contribution in [1.29, 1.82) is 0 Å². The van der Waals surface area contributed by atoms with Crippen molar-refractivity contribution in [2.75, 3.05) is 4.90 Å². The van der Waals surface area contributed by atoms with Crippen LogP contribution in [0.5, 0.6) is 0 Å². The molecule has 3 rings (SSSR count). The van der Waals surface area contributed by atoms with Crippen LogP contribution in [-0.2, 0) is 13.0 Å². The molecule has 2 aromatic rings. The van der Waals surface area contributed by atoms with Gasteiger partial charge in [0, 0.05) is 23.8 Å². The summed E-state index contributed by atoms with van der Waals surface area (Å²) in [6.45, 7) is 2.72. The van der Waals surface area contributed by atoms with Crippen LogP contribution < -0.4 is 4.90 Å². The number of carbonyl (C=O) groups is 1. The second-order valence-corrected chi connectivity index (χ2v) is 4.89. The summed E-state index contributed by atoms with van der Waals surface area (Å²) >= 11 is 0. The molecule has 1 unspecified atom stereocenters. The quantitative estimate of drug-likeness (QED) is 0.918. The molecule has 1 aliphatic heterocycles. The van der Waals surface area contributed by atoms with Gasteiger partial charge in [-0.25, -0.2) is 4.79 Å². The Bertz CT molecular complexity index is 617. The third kappa shape index (κ3) is 1.99. The Balaban J connectivity index is 1.91. The summed E-state index contributed by atoms with van der Waals surface area (Å²) < 4.78 is 5.03. The normalized spacial score (nSPS) is 17.5. The minimum Gasteiger partial charge on any atom is -0.475 e. The molecule has 0 radical (unpaired) electrons. The van der Waals surface area contributed by atoms with Crippen LogP contribution in [0.15, 0.2) is 41.0 Å². The lowest BCUT2D eigenvalue weighted by Gasteiger charge is -2.24. The predicted octanol–water partition coefficient (Wildman–Crippen LogP) is 2.93. The highest BCUT2D eigenvalue weighted by Gasteiger charge is 2.27. The predicted molar refractivity (Wildman–Crippen MR) is 71.5 cm³/mol. The molecule has 0 spiro atoms. The molecule has 1 aromatic heterocycles. The van der Waals surface area contributed by atoms with Gasteiger partial charge < -0.3 is 14.4 Å². The smallest absolute Gasteiger partial charge is 0.372 e. The number of carboxylic acid groups (broad SMARTS) is 1. The number of rotatable bonds is 3. The van der Waals surface area contributed by atoms with Crippen LogP contribution in [0.3, 0.4) is 0 Å². The summed E-state index contributed by atoms with van der Waals surface area (Å²) in [5.74, 6) is -0.975. The molecule has 4 heteroatoms. The second-order valence-electron chi connectivity index (χ2n) is 4.89. The summed E-state index contributed by atoms with van der Waals surface area (Å²) in [7, 11) is 0. The first-order valence-corrected chi connectivity index (χ1v) is 6.31. The molecule has 1 aliphatic rings. The number of para-hydroxylation sites is 1. The number of aromatic carboxylic acids is 1. The number of hydrogen-bond donors (Lipinski definition) is 1. The number of fused-ring (bicyclic) bond motifs is 1. The van der Waals surface area contributed by atoms with E-state index in [9.17, 15) is 4.79 Å². The van der Waals surface area contributed by atoms with Crippen LogP contribution in [0.2, 0.25) is 0 Å². The van der Waals surface area contributed by atoms with E-state index >= 15 is 0 Å². The van der Waals surface area contributed by atoms with Crippen molar-refractivity contribution in [2.45, 2.75) is 25.9 Å². The lowest BCUT2D eigenvalue weighted by molar-refractivity contribution is 0.0660. The average Bonchev–Trinajstić information content (AvgIpc) is 2.96. The van der Waals surface area contributed by atoms with Crippen LogP contribution in [0.1, 0.15) is 28.6 Å². The zero-order chi connectivity index (χ0) is 13.4. The molecule has 19 heavy (non-hydrogen) atoms. The van der Waals surface area contributed by atoms with Gasteiger partial charge in [0.2, 0.25) is 5.76 Å². The Morgan fingerprint density at radius 2 is 2.21 bits per heavy atom. The first kappa shape index (κ1) is 11.8. The molecule has 1 atom stereocenters. The SMILES string of the molecule is CC1Cc2ccccc2N1Cc1ccoc1C(=O)O. The summed E-state index contributed by atoms with van der Waals surface area (Å²) in [6, 6.07) is 10.4. The molecule has 1 aromatic carbocycles. The van der Waals surface area contributed by atoms with Crippen LogP contribution in [-0.4, -0.2) is 17.1 Å². The van der Waals surface area contributed by atoms with Gasteiger partial charge in [-0.15, -0.1) is 0 Å². The molecular weight excluding hydrogens is 242 g/mol. The molecule has 1 N–H and O–H groups in total. The third-order valence-electron chi connectivity index (χ3n) is 3.63. The number of anilines is 1. The van der Waals surface area contributed by atoms with E-state index in [2.05, 4.69) is 24.0 Å².